The Morgan fingerprint density at radius 3 is 2.79 bits per heavy atom. The highest BCUT2D eigenvalue weighted by molar-refractivity contribution is 6.30. The Morgan fingerprint density at radius 2 is 2.00 bits per heavy atom. The minimum atomic E-state index is -0.0964. The zero-order chi connectivity index (χ0) is 20.4. The van der Waals surface area contributed by atoms with Gasteiger partial charge in [-0.1, -0.05) is 28.9 Å². The van der Waals surface area contributed by atoms with Crippen molar-refractivity contribution in [2.24, 2.45) is 0 Å². The molecular formula is C22H23ClN4O2. The molecule has 1 aromatic heterocycles. The molecule has 0 saturated carbocycles. The number of benzene rings is 2. The summed E-state index contributed by atoms with van der Waals surface area (Å²) in [5.74, 6) is 1.13. The van der Waals surface area contributed by atoms with Gasteiger partial charge in [0.05, 0.1) is 5.92 Å². The normalized spacial score (nSPS) is 16.7. The molecule has 0 spiro atoms. The van der Waals surface area contributed by atoms with E-state index in [1.54, 1.807) is 12.1 Å². The van der Waals surface area contributed by atoms with Crippen LogP contribution in [0.2, 0.25) is 5.02 Å². The van der Waals surface area contributed by atoms with Gasteiger partial charge in [-0.05, 0) is 68.1 Å². The maximum absolute atomic E-state index is 12.8. The summed E-state index contributed by atoms with van der Waals surface area (Å²) in [4.78, 5) is 19.2. The Hall–Kier alpha value is -2.86. The highest BCUT2D eigenvalue weighted by atomic mass is 35.5. The fourth-order valence-corrected chi connectivity index (χ4v) is 3.69. The van der Waals surface area contributed by atoms with Crippen LogP contribution in [0.4, 0.5) is 10.5 Å². The number of anilines is 1. The minimum Gasteiger partial charge on any atom is -0.339 e. The van der Waals surface area contributed by atoms with Crippen molar-refractivity contribution in [3.05, 3.63) is 64.5 Å². The second-order valence-corrected chi connectivity index (χ2v) is 7.86. The molecule has 1 aliphatic heterocycles. The molecule has 6 nitrogen and oxygen atoms in total. The molecule has 2 aromatic carbocycles. The summed E-state index contributed by atoms with van der Waals surface area (Å²) in [6.07, 6.45) is 1.80. The lowest BCUT2D eigenvalue weighted by Gasteiger charge is -2.31. The van der Waals surface area contributed by atoms with Crippen LogP contribution >= 0.6 is 11.6 Å². The van der Waals surface area contributed by atoms with Crippen LogP contribution in [-0.2, 0) is 0 Å². The fraction of sp³-hybridized carbons (Fsp3) is 0.318. The van der Waals surface area contributed by atoms with Gasteiger partial charge >= 0.3 is 6.03 Å². The highest BCUT2D eigenvalue weighted by Crippen LogP contribution is 2.28. The molecular weight excluding hydrogens is 388 g/mol. The van der Waals surface area contributed by atoms with E-state index in [0.29, 0.717) is 29.8 Å². The van der Waals surface area contributed by atoms with E-state index < -0.39 is 0 Å². The number of urea groups is 1. The van der Waals surface area contributed by atoms with Crippen molar-refractivity contribution < 1.29 is 9.32 Å². The number of halogens is 1. The first-order valence-corrected chi connectivity index (χ1v) is 10.1. The number of carbonyl (C=O) groups excluding carboxylic acids is 1. The van der Waals surface area contributed by atoms with E-state index in [1.807, 2.05) is 49.1 Å². The van der Waals surface area contributed by atoms with Crippen LogP contribution in [0.5, 0.6) is 0 Å². The lowest BCUT2D eigenvalue weighted by atomic mass is 9.98. The molecule has 2 heterocycles. The van der Waals surface area contributed by atoms with Crippen LogP contribution in [0.15, 0.2) is 47.0 Å². The van der Waals surface area contributed by atoms with Crippen molar-refractivity contribution in [1.29, 1.82) is 0 Å². The Bertz CT molecular complexity index is 1020. The molecule has 2 amide bonds. The molecule has 0 aliphatic carbocycles. The van der Waals surface area contributed by atoms with Gasteiger partial charge in [0.1, 0.15) is 0 Å². The first kappa shape index (κ1) is 19.5. The van der Waals surface area contributed by atoms with E-state index in [-0.39, 0.29) is 11.9 Å². The quantitative estimate of drug-likeness (QED) is 0.625. The lowest BCUT2D eigenvalue weighted by Crippen LogP contribution is -2.41. The van der Waals surface area contributed by atoms with Crippen LogP contribution in [0.25, 0.3) is 11.4 Å². The summed E-state index contributed by atoms with van der Waals surface area (Å²) in [5, 5.41) is 7.80. The SMILES string of the molecule is Cc1cccc(NC(=O)N2CCCC(c3nc(-c4ccc(Cl)cc4)no3)C2)c1C. The molecule has 3 aromatic rings. The number of amides is 2. The van der Waals surface area contributed by atoms with Crippen LogP contribution in [0.3, 0.4) is 0 Å². The van der Waals surface area contributed by atoms with Crippen molar-refractivity contribution >= 4 is 23.3 Å². The molecule has 0 radical (unpaired) electrons. The molecule has 1 N–H and O–H groups in total. The summed E-state index contributed by atoms with van der Waals surface area (Å²) < 4.78 is 5.52. The van der Waals surface area contributed by atoms with Crippen LogP contribution in [0.1, 0.15) is 35.8 Å². The van der Waals surface area contributed by atoms with E-state index in [2.05, 4.69) is 15.5 Å². The predicted molar refractivity (Wildman–Crippen MR) is 113 cm³/mol. The maximum Gasteiger partial charge on any atom is 0.321 e. The van der Waals surface area contributed by atoms with E-state index in [1.165, 1.54) is 0 Å². The third kappa shape index (κ3) is 4.27. The monoisotopic (exact) mass is 410 g/mol. The first-order valence-electron chi connectivity index (χ1n) is 9.73. The molecule has 1 fully saturated rings. The zero-order valence-corrected chi connectivity index (χ0v) is 17.2. The van der Waals surface area contributed by atoms with Crippen molar-refractivity contribution in [3.8, 4) is 11.4 Å². The number of hydrogen-bond acceptors (Lipinski definition) is 4. The first-order chi connectivity index (χ1) is 14.0. The second kappa shape index (κ2) is 8.25. The fourth-order valence-electron chi connectivity index (χ4n) is 3.56. The number of likely N-dealkylation sites (tertiary alicyclic amines) is 1. The number of aromatic nitrogens is 2. The summed E-state index contributed by atoms with van der Waals surface area (Å²) in [6.45, 7) is 5.32. The van der Waals surface area contributed by atoms with Gasteiger partial charge in [0.25, 0.3) is 0 Å². The summed E-state index contributed by atoms with van der Waals surface area (Å²) in [6, 6.07) is 13.1. The second-order valence-electron chi connectivity index (χ2n) is 7.43. The molecule has 0 bridgehead atoms. The average molecular weight is 411 g/mol. The van der Waals surface area contributed by atoms with E-state index in [4.69, 9.17) is 16.1 Å². The van der Waals surface area contributed by atoms with Gasteiger partial charge in [0, 0.05) is 29.4 Å². The van der Waals surface area contributed by atoms with Gasteiger partial charge in [-0.25, -0.2) is 4.79 Å². The largest absolute Gasteiger partial charge is 0.339 e. The molecule has 29 heavy (non-hydrogen) atoms. The van der Waals surface area contributed by atoms with Crippen molar-refractivity contribution in [2.75, 3.05) is 18.4 Å². The summed E-state index contributed by atoms with van der Waals surface area (Å²) in [7, 11) is 0. The standard InChI is InChI=1S/C22H23ClN4O2/c1-14-5-3-7-19(15(14)2)24-22(28)27-12-4-6-17(13-27)21-25-20(26-29-21)16-8-10-18(23)11-9-16/h3,5,7-11,17H,4,6,12-13H2,1-2H3,(H,24,28). The smallest absolute Gasteiger partial charge is 0.321 e. The van der Waals surface area contributed by atoms with Gasteiger partial charge in [0.15, 0.2) is 0 Å². The summed E-state index contributed by atoms with van der Waals surface area (Å²) in [5.41, 5.74) is 3.93. The van der Waals surface area contributed by atoms with E-state index in [9.17, 15) is 4.79 Å². The number of rotatable bonds is 3. The third-order valence-corrected chi connectivity index (χ3v) is 5.70. The molecule has 1 aliphatic rings. The van der Waals surface area contributed by atoms with Gasteiger partial charge in [0.2, 0.25) is 11.7 Å². The van der Waals surface area contributed by atoms with Gasteiger partial charge in [-0.15, -0.1) is 0 Å². The van der Waals surface area contributed by atoms with E-state index >= 15 is 0 Å². The number of aryl methyl sites for hydroxylation is 1. The lowest BCUT2D eigenvalue weighted by molar-refractivity contribution is 0.184. The van der Waals surface area contributed by atoms with Gasteiger partial charge < -0.3 is 14.7 Å². The number of carbonyl (C=O) groups is 1. The molecule has 4 rings (SSSR count). The van der Waals surface area contributed by atoms with E-state index in [0.717, 1.165) is 35.2 Å². The number of hydrogen-bond donors (Lipinski definition) is 1. The Morgan fingerprint density at radius 1 is 1.21 bits per heavy atom. The Kier molecular flexibility index (Phi) is 5.53. The minimum absolute atomic E-state index is 0.0293. The Labute approximate surface area is 174 Å². The van der Waals surface area contributed by atoms with Crippen LogP contribution in [0, 0.1) is 13.8 Å². The highest BCUT2D eigenvalue weighted by Gasteiger charge is 2.29. The Balaban J connectivity index is 1.45. The zero-order valence-electron chi connectivity index (χ0n) is 16.5. The van der Waals surface area contributed by atoms with Gasteiger partial charge in [-0.3, -0.25) is 0 Å². The number of nitrogens with one attached hydrogen (secondary N) is 1. The predicted octanol–water partition coefficient (Wildman–Crippen LogP) is 5.42. The average Bonchev–Trinajstić information content (AvgIpc) is 3.22. The molecule has 7 heteroatoms. The van der Waals surface area contributed by atoms with Crippen molar-refractivity contribution in [3.63, 3.8) is 0 Å². The van der Waals surface area contributed by atoms with Crippen molar-refractivity contribution in [2.45, 2.75) is 32.6 Å². The summed E-state index contributed by atoms with van der Waals surface area (Å²) >= 11 is 5.94. The molecule has 1 unspecified atom stereocenters. The number of piperidine rings is 1. The maximum atomic E-state index is 12.8. The van der Waals surface area contributed by atoms with Crippen molar-refractivity contribution in [1.82, 2.24) is 15.0 Å². The molecule has 150 valence electrons. The van der Waals surface area contributed by atoms with Crippen LogP contribution in [-0.4, -0.2) is 34.2 Å². The van der Waals surface area contributed by atoms with Crippen LogP contribution < -0.4 is 5.32 Å². The number of nitrogens with zero attached hydrogens (tertiary/aromatic N) is 3. The molecule has 1 saturated heterocycles. The third-order valence-electron chi connectivity index (χ3n) is 5.45. The molecule has 1 atom stereocenters. The topological polar surface area (TPSA) is 71.3 Å². The van der Waals surface area contributed by atoms with Gasteiger partial charge in [-0.2, -0.15) is 4.98 Å².